The average molecular weight is 414 g/mol. The van der Waals surface area contributed by atoms with E-state index in [1.807, 2.05) is 35.0 Å². The number of rotatable bonds is 6. The predicted molar refractivity (Wildman–Crippen MR) is 124 cm³/mol. The molecule has 6 nitrogen and oxygen atoms in total. The molecule has 4 aromatic rings. The molecule has 0 amide bonds. The first-order valence-electron chi connectivity index (χ1n) is 10.8. The van der Waals surface area contributed by atoms with Gasteiger partial charge in [0.2, 0.25) is 5.95 Å². The summed E-state index contributed by atoms with van der Waals surface area (Å²) < 4.78 is 7.19. The van der Waals surface area contributed by atoms with E-state index in [0.29, 0.717) is 5.95 Å². The lowest BCUT2D eigenvalue weighted by Crippen LogP contribution is -2.29. The quantitative estimate of drug-likeness (QED) is 0.514. The molecule has 2 aromatic heterocycles. The third kappa shape index (κ3) is 4.31. The molecule has 0 fully saturated rings. The van der Waals surface area contributed by atoms with Gasteiger partial charge >= 0.3 is 0 Å². The van der Waals surface area contributed by atoms with Crippen molar-refractivity contribution in [1.82, 2.24) is 19.5 Å². The number of aromatic nitrogens is 3. The SMILES string of the molecule is COCCN1CCc2ccc(Nc3ncc4ccc(-c5ccccc5)n4n3)cc2CC1. The summed E-state index contributed by atoms with van der Waals surface area (Å²) in [5, 5.41) is 8.16. The van der Waals surface area contributed by atoms with E-state index in [4.69, 9.17) is 9.84 Å². The monoisotopic (exact) mass is 413 g/mol. The summed E-state index contributed by atoms with van der Waals surface area (Å²) in [5.41, 5.74) is 7.02. The first-order valence-corrected chi connectivity index (χ1v) is 10.8. The van der Waals surface area contributed by atoms with Crippen LogP contribution < -0.4 is 5.32 Å². The van der Waals surface area contributed by atoms with Crippen molar-refractivity contribution in [2.24, 2.45) is 0 Å². The van der Waals surface area contributed by atoms with Crippen molar-refractivity contribution < 1.29 is 4.74 Å². The largest absolute Gasteiger partial charge is 0.383 e. The number of hydrogen-bond donors (Lipinski definition) is 1. The minimum Gasteiger partial charge on any atom is -0.383 e. The van der Waals surface area contributed by atoms with E-state index in [1.54, 1.807) is 7.11 Å². The fourth-order valence-electron chi connectivity index (χ4n) is 4.21. The molecule has 1 aliphatic rings. The molecule has 0 aliphatic carbocycles. The van der Waals surface area contributed by atoms with Gasteiger partial charge in [0.1, 0.15) is 0 Å². The molecule has 0 saturated heterocycles. The molecule has 158 valence electrons. The maximum absolute atomic E-state index is 5.24. The van der Waals surface area contributed by atoms with Crippen LogP contribution in [0.3, 0.4) is 0 Å². The van der Waals surface area contributed by atoms with Crippen LogP contribution in [0.4, 0.5) is 11.6 Å². The molecular weight excluding hydrogens is 386 g/mol. The minimum atomic E-state index is 0.594. The lowest BCUT2D eigenvalue weighted by atomic mass is 10.0. The molecule has 0 saturated carbocycles. The molecule has 0 unspecified atom stereocenters. The highest BCUT2D eigenvalue weighted by Gasteiger charge is 2.14. The molecule has 5 rings (SSSR count). The Morgan fingerprint density at radius 2 is 1.81 bits per heavy atom. The van der Waals surface area contributed by atoms with E-state index >= 15 is 0 Å². The van der Waals surface area contributed by atoms with Crippen LogP contribution in [0.25, 0.3) is 16.8 Å². The third-order valence-electron chi connectivity index (χ3n) is 5.94. The summed E-state index contributed by atoms with van der Waals surface area (Å²) >= 11 is 0. The van der Waals surface area contributed by atoms with Crippen molar-refractivity contribution in [2.75, 3.05) is 38.7 Å². The molecule has 1 N–H and O–H groups in total. The summed E-state index contributed by atoms with van der Waals surface area (Å²) in [6.45, 7) is 3.92. The highest BCUT2D eigenvalue weighted by atomic mass is 16.5. The second-order valence-electron chi connectivity index (χ2n) is 7.95. The van der Waals surface area contributed by atoms with E-state index in [9.17, 15) is 0 Å². The topological polar surface area (TPSA) is 54.7 Å². The Hall–Kier alpha value is -3.22. The second kappa shape index (κ2) is 8.88. The van der Waals surface area contributed by atoms with Crippen LogP contribution in [-0.2, 0) is 17.6 Å². The van der Waals surface area contributed by atoms with E-state index in [1.165, 1.54) is 11.1 Å². The van der Waals surface area contributed by atoms with Gasteiger partial charge in [-0.05, 0) is 48.2 Å². The van der Waals surface area contributed by atoms with Gasteiger partial charge in [-0.2, -0.15) is 0 Å². The second-order valence-corrected chi connectivity index (χ2v) is 7.95. The van der Waals surface area contributed by atoms with Crippen LogP contribution in [0.5, 0.6) is 0 Å². The number of benzene rings is 2. The number of anilines is 2. The van der Waals surface area contributed by atoms with Gasteiger partial charge in [-0.15, -0.1) is 5.10 Å². The highest BCUT2D eigenvalue weighted by Crippen LogP contribution is 2.24. The van der Waals surface area contributed by atoms with Crippen LogP contribution in [0.15, 0.2) is 66.9 Å². The number of fused-ring (bicyclic) bond motifs is 2. The van der Waals surface area contributed by atoms with E-state index < -0.39 is 0 Å². The van der Waals surface area contributed by atoms with Crippen molar-refractivity contribution in [1.29, 1.82) is 0 Å². The Balaban J connectivity index is 1.37. The summed E-state index contributed by atoms with van der Waals surface area (Å²) in [6, 6.07) is 21.0. The zero-order valence-electron chi connectivity index (χ0n) is 17.8. The van der Waals surface area contributed by atoms with Crippen molar-refractivity contribution in [3.8, 4) is 11.3 Å². The van der Waals surface area contributed by atoms with E-state index in [2.05, 4.69) is 51.6 Å². The molecule has 6 heteroatoms. The number of nitrogens with zero attached hydrogens (tertiary/aromatic N) is 4. The Labute approximate surface area is 182 Å². The lowest BCUT2D eigenvalue weighted by Gasteiger charge is -2.18. The van der Waals surface area contributed by atoms with Gasteiger partial charge in [-0.1, -0.05) is 36.4 Å². The molecule has 0 spiro atoms. The van der Waals surface area contributed by atoms with E-state index in [-0.39, 0.29) is 0 Å². The molecule has 0 radical (unpaired) electrons. The maximum Gasteiger partial charge on any atom is 0.245 e. The first kappa shape index (κ1) is 19.7. The van der Waals surface area contributed by atoms with Crippen LogP contribution >= 0.6 is 0 Å². The molecule has 2 aromatic carbocycles. The maximum atomic E-state index is 5.24. The van der Waals surface area contributed by atoms with Gasteiger partial charge in [0.05, 0.1) is 24.0 Å². The van der Waals surface area contributed by atoms with Gasteiger partial charge in [-0.25, -0.2) is 9.50 Å². The summed E-state index contributed by atoms with van der Waals surface area (Å²) in [7, 11) is 1.76. The standard InChI is InChI=1S/C25H27N5O/c1-31-16-15-29-13-11-19-7-8-22(17-21(19)12-14-29)27-25-26-18-23-9-10-24(30(23)28-25)20-5-3-2-4-6-20/h2-10,17-18H,11-16H2,1H3,(H,27,28). The van der Waals surface area contributed by atoms with Crippen LogP contribution in [-0.4, -0.2) is 52.8 Å². The Bertz CT molecular complexity index is 1170. The van der Waals surface area contributed by atoms with E-state index in [0.717, 1.165) is 61.5 Å². The number of nitrogens with one attached hydrogen (secondary N) is 1. The number of ether oxygens (including phenoxy) is 1. The highest BCUT2D eigenvalue weighted by molar-refractivity contribution is 5.67. The van der Waals surface area contributed by atoms with Crippen molar-refractivity contribution in [3.63, 3.8) is 0 Å². The normalized spacial score (nSPS) is 14.4. The molecular formula is C25H27N5O. The van der Waals surface area contributed by atoms with Gasteiger partial charge in [-0.3, -0.25) is 0 Å². The van der Waals surface area contributed by atoms with Crippen molar-refractivity contribution in [2.45, 2.75) is 12.8 Å². The fourth-order valence-corrected chi connectivity index (χ4v) is 4.21. The lowest BCUT2D eigenvalue weighted by molar-refractivity contribution is 0.150. The Kier molecular flexibility index (Phi) is 5.65. The molecule has 1 aliphatic heterocycles. The van der Waals surface area contributed by atoms with Crippen molar-refractivity contribution >= 4 is 17.2 Å². The number of hydrogen-bond acceptors (Lipinski definition) is 5. The predicted octanol–water partition coefficient (Wildman–Crippen LogP) is 4.19. The molecule has 0 atom stereocenters. The zero-order chi connectivity index (χ0) is 21.0. The van der Waals surface area contributed by atoms with Gasteiger partial charge < -0.3 is 15.0 Å². The molecule has 3 heterocycles. The fraction of sp³-hybridized carbons (Fsp3) is 0.280. The summed E-state index contributed by atoms with van der Waals surface area (Å²) in [6.07, 6.45) is 3.98. The average Bonchev–Trinajstić information content (AvgIpc) is 3.12. The summed E-state index contributed by atoms with van der Waals surface area (Å²) in [4.78, 5) is 7.00. The zero-order valence-corrected chi connectivity index (χ0v) is 17.8. The van der Waals surface area contributed by atoms with Crippen molar-refractivity contribution in [3.05, 3.63) is 78.0 Å². The van der Waals surface area contributed by atoms with Gasteiger partial charge in [0.25, 0.3) is 0 Å². The number of methoxy groups -OCH3 is 1. The van der Waals surface area contributed by atoms with Gasteiger partial charge in [0.15, 0.2) is 0 Å². The van der Waals surface area contributed by atoms with Gasteiger partial charge in [0, 0.05) is 38.0 Å². The smallest absolute Gasteiger partial charge is 0.245 e. The summed E-state index contributed by atoms with van der Waals surface area (Å²) in [5.74, 6) is 0.594. The van der Waals surface area contributed by atoms with Crippen LogP contribution in [0.1, 0.15) is 11.1 Å². The third-order valence-corrected chi connectivity index (χ3v) is 5.94. The Morgan fingerprint density at radius 3 is 2.65 bits per heavy atom. The Morgan fingerprint density at radius 1 is 0.968 bits per heavy atom. The van der Waals surface area contributed by atoms with Crippen LogP contribution in [0, 0.1) is 0 Å². The first-order chi connectivity index (χ1) is 15.3. The minimum absolute atomic E-state index is 0.594. The molecule has 31 heavy (non-hydrogen) atoms. The van der Waals surface area contributed by atoms with Crippen LogP contribution in [0.2, 0.25) is 0 Å². The molecule has 0 bridgehead atoms.